The summed E-state index contributed by atoms with van der Waals surface area (Å²) >= 11 is 0. The SMILES string of the molecule is C=C(C(=O)OCCO)C(O)c1ccccc1. The Morgan fingerprint density at radius 2 is 2.00 bits per heavy atom. The Labute approximate surface area is 93.8 Å². The van der Waals surface area contributed by atoms with Crippen LogP contribution in [0.5, 0.6) is 0 Å². The van der Waals surface area contributed by atoms with Gasteiger partial charge in [0.1, 0.15) is 12.7 Å². The number of carbonyl (C=O) groups is 1. The molecule has 4 nitrogen and oxygen atoms in total. The second-order valence-electron chi connectivity index (χ2n) is 3.20. The summed E-state index contributed by atoms with van der Waals surface area (Å²) in [6.07, 6.45) is -1.08. The average molecular weight is 222 g/mol. The minimum atomic E-state index is -1.08. The van der Waals surface area contributed by atoms with E-state index in [-0.39, 0.29) is 18.8 Å². The van der Waals surface area contributed by atoms with Gasteiger partial charge in [0.25, 0.3) is 0 Å². The van der Waals surface area contributed by atoms with E-state index in [0.29, 0.717) is 5.56 Å². The van der Waals surface area contributed by atoms with E-state index in [1.54, 1.807) is 24.3 Å². The van der Waals surface area contributed by atoms with Crippen LogP contribution in [0.2, 0.25) is 0 Å². The number of benzene rings is 1. The van der Waals surface area contributed by atoms with E-state index < -0.39 is 12.1 Å². The van der Waals surface area contributed by atoms with Gasteiger partial charge in [-0.2, -0.15) is 0 Å². The maximum Gasteiger partial charge on any atom is 0.336 e. The molecule has 4 heteroatoms. The van der Waals surface area contributed by atoms with Gasteiger partial charge in [0.15, 0.2) is 0 Å². The van der Waals surface area contributed by atoms with Gasteiger partial charge in [-0.1, -0.05) is 36.9 Å². The third kappa shape index (κ3) is 3.18. The molecule has 0 aliphatic carbocycles. The van der Waals surface area contributed by atoms with Crippen molar-refractivity contribution in [2.45, 2.75) is 6.10 Å². The minimum absolute atomic E-state index is 0.0420. The highest BCUT2D eigenvalue weighted by atomic mass is 16.5. The summed E-state index contributed by atoms with van der Waals surface area (Å²) in [4.78, 5) is 11.3. The lowest BCUT2D eigenvalue weighted by Gasteiger charge is -2.12. The van der Waals surface area contributed by atoms with Crippen molar-refractivity contribution in [2.75, 3.05) is 13.2 Å². The molecule has 2 N–H and O–H groups in total. The highest BCUT2D eigenvalue weighted by Crippen LogP contribution is 2.20. The van der Waals surface area contributed by atoms with Gasteiger partial charge in [-0.15, -0.1) is 0 Å². The zero-order valence-electron chi connectivity index (χ0n) is 8.80. The first-order valence-corrected chi connectivity index (χ1v) is 4.86. The number of hydrogen-bond acceptors (Lipinski definition) is 4. The minimum Gasteiger partial charge on any atom is -0.460 e. The Bertz CT molecular complexity index is 359. The fraction of sp³-hybridized carbons (Fsp3) is 0.250. The van der Waals surface area contributed by atoms with Crippen molar-refractivity contribution in [3.63, 3.8) is 0 Å². The van der Waals surface area contributed by atoms with Crippen molar-refractivity contribution < 1.29 is 19.7 Å². The van der Waals surface area contributed by atoms with Crippen molar-refractivity contribution in [1.82, 2.24) is 0 Å². The molecule has 1 aromatic rings. The number of aliphatic hydroxyl groups excluding tert-OH is 2. The molecule has 0 aliphatic heterocycles. The summed E-state index contributed by atoms with van der Waals surface area (Å²) in [5.41, 5.74) is 0.535. The van der Waals surface area contributed by atoms with Crippen LogP contribution >= 0.6 is 0 Å². The molecule has 0 spiro atoms. The molecule has 1 aromatic carbocycles. The fourth-order valence-corrected chi connectivity index (χ4v) is 1.18. The molecular formula is C12H14O4. The highest BCUT2D eigenvalue weighted by molar-refractivity contribution is 5.89. The second kappa shape index (κ2) is 6.05. The molecule has 1 atom stereocenters. The molecule has 1 rings (SSSR count). The molecule has 0 saturated carbocycles. The lowest BCUT2D eigenvalue weighted by Crippen LogP contribution is -2.15. The Morgan fingerprint density at radius 3 is 2.56 bits per heavy atom. The standard InChI is InChI=1S/C12H14O4/c1-9(12(15)16-8-7-13)11(14)10-5-3-2-4-6-10/h2-6,11,13-14H,1,7-8H2. The van der Waals surface area contributed by atoms with Crippen molar-refractivity contribution in [2.24, 2.45) is 0 Å². The zero-order valence-corrected chi connectivity index (χ0v) is 8.80. The smallest absolute Gasteiger partial charge is 0.336 e. The van der Waals surface area contributed by atoms with Gasteiger partial charge < -0.3 is 14.9 Å². The van der Waals surface area contributed by atoms with Gasteiger partial charge in [-0.3, -0.25) is 0 Å². The number of esters is 1. The van der Waals surface area contributed by atoms with Crippen LogP contribution in [0.4, 0.5) is 0 Å². The van der Waals surface area contributed by atoms with E-state index in [9.17, 15) is 9.90 Å². The normalized spacial score (nSPS) is 11.9. The van der Waals surface area contributed by atoms with Gasteiger partial charge in [0.05, 0.1) is 12.2 Å². The molecule has 86 valence electrons. The largest absolute Gasteiger partial charge is 0.460 e. The van der Waals surface area contributed by atoms with E-state index in [2.05, 4.69) is 11.3 Å². The van der Waals surface area contributed by atoms with Crippen LogP contribution in [-0.4, -0.2) is 29.4 Å². The highest BCUT2D eigenvalue weighted by Gasteiger charge is 2.19. The first kappa shape index (κ1) is 12.4. The predicted octanol–water partition coefficient (Wildman–Crippen LogP) is 0.812. The van der Waals surface area contributed by atoms with Crippen LogP contribution in [0.15, 0.2) is 42.5 Å². The van der Waals surface area contributed by atoms with Crippen LogP contribution in [0.25, 0.3) is 0 Å². The topological polar surface area (TPSA) is 66.8 Å². The number of rotatable bonds is 5. The molecule has 0 amide bonds. The molecule has 1 unspecified atom stereocenters. The van der Waals surface area contributed by atoms with E-state index in [1.165, 1.54) is 0 Å². The van der Waals surface area contributed by atoms with Crippen molar-refractivity contribution >= 4 is 5.97 Å². The monoisotopic (exact) mass is 222 g/mol. The Kier molecular flexibility index (Phi) is 4.69. The van der Waals surface area contributed by atoms with Crippen LogP contribution in [0.3, 0.4) is 0 Å². The quantitative estimate of drug-likeness (QED) is 0.571. The number of carbonyl (C=O) groups excluding carboxylic acids is 1. The molecule has 0 fully saturated rings. The first-order valence-electron chi connectivity index (χ1n) is 4.86. The summed E-state index contributed by atoms with van der Waals surface area (Å²) < 4.78 is 4.65. The summed E-state index contributed by atoms with van der Waals surface area (Å²) in [6, 6.07) is 8.70. The van der Waals surface area contributed by atoms with Gasteiger partial charge in [-0.05, 0) is 5.56 Å². The third-order valence-electron chi connectivity index (χ3n) is 2.03. The van der Waals surface area contributed by atoms with Crippen LogP contribution in [-0.2, 0) is 9.53 Å². The van der Waals surface area contributed by atoms with Gasteiger partial charge in [-0.25, -0.2) is 4.79 Å². The van der Waals surface area contributed by atoms with E-state index in [0.717, 1.165) is 0 Å². The number of ether oxygens (including phenoxy) is 1. The lowest BCUT2D eigenvalue weighted by molar-refractivity contribution is -0.141. The molecule has 0 aromatic heterocycles. The van der Waals surface area contributed by atoms with Crippen LogP contribution < -0.4 is 0 Å². The molecule has 16 heavy (non-hydrogen) atoms. The summed E-state index contributed by atoms with van der Waals surface area (Å²) in [7, 11) is 0. The first-order chi connectivity index (χ1) is 7.66. The van der Waals surface area contributed by atoms with Crippen molar-refractivity contribution in [3.05, 3.63) is 48.0 Å². The lowest BCUT2D eigenvalue weighted by atomic mass is 10.0. The van der Waals surface area contributed by atoms with E-state index >= 15 is 0 Å². The molecule has 0 aliphatic rings. The average Bonchev–Trinajstić information content (AvgIpc) is 2.35. The zero-order chi connectivity index (χ0) is 12.0. The molecular weight excluding hydrogens is 208 g/mol. The summed E-state index contributed by atoms with van der Waals surface area (Å²) in [6.45, 7) is 3.13. The summed E-state index contributed by atoms with van der Waals surface area (Å²) in [5, 5.41) is 18.3. The van der Waals surface area contributed by atoms with Crippen molar-refractivity contribution in [1.29, 1.82) is 0 Å². The van der Waals surface area contributed by atoms with Crippen molar-refractivity contribution in [3.8, 4) is 0 Å². The van der Waals surface area contributed by atoms with Gasteiger partial charge in [0, 0.05) is 0 Å². The maximum atomic E-state index is 11.3. The summed E-state index contributed by atoms with van der Waals surface area (Å²) in [5.74, 6) is -0.703. The van der Waals surface area contributed by atoms with Gasteiger partial charge in [0.2, 0.25) is 0 Å². The predicted molar refractivity (Wildman–Crippen MR) is 58.6 cm³/mol. The molecule has 0 saturated heterocycles. The molecule has 0 bridgehead atoms. The molecule has 0 heterocycles. The Morgan fingerprint density at radius 1 is 1.38 bits per heavy atom. The second-order valence-corrected chi connectivity index (χ2v) is 3.20. The van der Waals surface area contributed by atoms with E-state index in [1.807, 2.05) is 6.07 Å². The fourth-order valence-electron chi connectivity index (χ4n) is 1.18. The Hall–Kier alpha value is -1.65. The number of aliphatic hydroxyl groups is 2. The van der Waals surface area contributed by atoms with Crippen LogP contribution in [0.1, 0.15) is 11.7 Å². The molecule has 0 radical (unpaired) electrons. The maximum absolute atomic E-state index is 11.3. The van der Waals surface area contributed by atoms with Gasteiger partial charge >= 0.3 is 5.97 Å². The Balaban J connectivity index is 2.64. The third-order valence-corrected chi connectivity index (χ3v) is 2.03. The van der Waals surface area contributed by atoms with E-state index in [4.69, 9.17) is 5.11 Å². The van der Waals surface area contributed by atoms with Crippen LogP contribution in [0, 0.1) is 0 Å². The number of hydrogen-bond donors (Lipinski definition) is 2.